The minimum Gasteiger partial charge on any atom is -0.314 e. The molecule has 1 N–H and O–H groups in total. The summed E-state index contributed by atoms with van der Waals surface area (Å²) in [5.74, 6) is -0.755. The normalized spacial score (nSPS) is 17.9. The molecular weight excluding hydrogens is 343 g/mol. The van der Waals surface area contributed by atoms with E-state index in [9.17, 15) is 17.6 Å². The van der Waals surface area contributed by atoms with Gasteiger partial charge in [0, 0.05) is 37.8 Å². The largest absolute Gasteiger partial charge is 0.416 e. The van der Waals surface area contributed by atoms with Gasteiger partial charge in [-0.25, -0.2) is 4.39 Å². The van der Waals surface area contributed by atoms with Crippen molar-refractivity contribution >= 4 is 24.0 Å². The molecule has 2 rings (SSSR count). The van der Waals surface area contributed by atoms with Crippen LogP contribution in [0.3, 0.4) is 0 Å². The number of nitrogens with one attached hydrogen (secondary N) is 1. The zero-order valence-corrected chi connectivity index (χ0v) is 13.6. The molecular formula is C14H18Cl2F4N2. The number of nitrogens with zero attached hydrogens (tertiary/aromatic N) is 1. The molecule has 1 saturated heterocycles. The Morgan fingerprint density at radius 2 is 1.86 bits per heavy atom. The van der Waals surface area contributed by atoms with Gasteiger partial charge in [-0.2, -0.15) is 13.2 Å². The molecule has 0 aromatic heterocycles. The molecule has 0 aliphatic carbocycles. The molecule has 1 fully saturated rings. The van der Waals surface area contributed by atoms with Gasteiger partial charge >= 0.3 is 6.18 Å². The number of rotatable bonds is 3. The van der Waals surface area contributed by atoms with Crippen molar-refractivity contribution in [3.05, 3.63) is 34.1 Å². The molecule has 0 radical (unpaired) electrons. The van der Waals surface area contributed by atoms with Gasteiger partial charge < -0.3 is 5.32 Å². The number of halogens is 6. The van der Waals surface area contributed by atoms with Gasteiger partial charge in [0.25, 0.3) is 0 Å². The Kier molecular flexibility index (Phi) is 6.92. The summed E-state index contributed by atoms with van der Waals surface area (Å²) >= 11 is 5.66. The first-order valence-electron chi connectivity index (χ1n) is 6.85. The Bertz CT molecular complexity index is 502. The standard InChI is InChI=1S/C14H17ClF4N2.ClH/c1-2-12(21-5-3-20-4-6-21)10-7-9(14(17,18)19)8-11(15)13(10)16;/h7-8,12,20H,2-6H2,1H3;1H/t12-;/m1./s1. The van der Waals surface area contributed by atoms with Crippen LogP contribution in [-0.4, -0.2) is 31.1 Å². The van der Waals surface area contributed by atoms with Gasteiger partial charge in [0.2, 0.25) is 0 Å². The van der Waals surface area contributed by atoms with Crippen LogP contribution in [0.1, 0.15) is 30.5 Å². The van der Waals surface area contributed by atoms with Crippen LogP contribution in [0.2, 0.25) is 5.02 Å². The first-order valence-corrected chi connectivity index (χ1v) is 7.23. The van der Waals surface area contributed by atoms with E-state index in [1.165, 1.54) is 0 Å². The molecule has 0 bridgehead atoms. The summed E-state index contributed by atoms with van der Waals surface area (Å²) in [6, 6.07) is 1.13. The van der Waals surface area contributed by atoms with Crippen molar-refractivity contribution in [1.29, 1.82) is 0 Å². The van der Waals surface area contributed by atoms with Crippen molar-refractivity contribution < 1.29 is 17.6 Å². The number of alkyl halides is 3. The van der Waals surface area contributed by atoms with E-state index in [0.29, 0.717) is 25.6 Å². The fourth-order valence-electron chi connectivity index (χ4n) is 2.69. The SMILES string of the molecule is CC[C@H](c1cc(C(F)(F)F)cc(Cl)c1F)N1CCNCC1.Cl. The molecule has 1 aromatic carbocycles. The molecule has 22 heavy (non-hydrogen) atoms. The van der Waals surface area contributed by atoms with Crippen LogP contribution in [0.5, 0.6) is 0 Å². The summed E-state index contributed by atoms with van der Waals surface area (Å²) < 4.78 is 52.9. The highest BCUT2D eigenvalue weighted by molar-refractivity contribution is 6.30. The molecule has 0 amide bonds. The molecule has 1 aliphatic heterocycles. The zero-order valence-electron chi connectivity index (χ0n) is 12.0. The maximum atomic E-state index is 14.2. The molecule has 126 valence electrons. The summed E-state index contributed by atoms with van der Waals surface area (Å²) in [5.41, 5.74) is -0.878. The summed E-state index contributed by atoms with van der Waals surface area (Å²) in [7, 11) is 0. The average Bonchev–Trinajstić information content (AvgIpc) is 2.44. The van der Waals surface area contributed by atoms with Gasteiger partial charge in [-0.05, 0) is 18.6 Å². The Hall–Kier alpha value is -0.560. The highest BCUT2D eigenvalue weighted by atomic mass is 35.5. The second kappa shape index (κ2) is 7.81. The third-order valence-electron chi connectivity index (χ3n) is 3.72. The van der Waals surface area contributed by atoms with E-state index in [0.717, 1.165) is 19.2 Å². The average molecular weight is 361 g/mol. The number of hydrogen-bond acceptors (Lipinski definition) is 2. The first-order chi connectivity index (χ1) is 9.84. The maximum Gasteiger partial charge on any atom is 0.416 e. The molecule has 8 heteroatoms. The highest BCUT2D eigenvalue weighted by Crippen LogP contribution is 2.37. The molecule has 1 aromatic rings. The van der Waals surface area contributed by atoms with Crippen molar-refractivity contribution in [3.63, 3.8) is 0 Å². The Morgan fingerprint density at radius 1 is 1.27 bits per heavy atom. The molecule has 1 atom stereocenters. The van der Waals surface area contributed by atoms with Gasteiger partial charge in [-0.3, -0.25) is 4.90 Å². The van der Waals surface area contributed by atoms with E-state index < -0.39 is 28.6 Å². The van der Waals surface area contributed by atoms with Crippen LogP contribution in [0, 0.1) is 5.82 Å². The molecule has 0 spiro atoms. The van der Waals surface area contributed by atoms with E-state index in [-0.39, 0.29) is 18.0 Å². The van der Waals surface area contributed by atoms with Gasteiger partial charge in [-0.1, -0.05) is 18.5 Å². The molecule has 0 saturated carbocycles. The van der Waals surface area contributed by atoms with Crippen molar-refractivity contribution in [2.75, 3.05) is 26.2 Å². The highest BCUT2D eigenvalue weighted by Gasteiger charge is 2.34. The van der Waals surface area contributed by atoms with E-state index in [1.807, 2.05) is 11.8 Å². The summed E-state index contributed by atoms with van der Waals surface area (Å²) in [6.45, 7) is 4.66. The van der Waals surface area contributed by atoms with Gasteiger partial charge in [-0.15, -0.1) is 12.4 Å². The lowest BCUT2D eigenvalue weighted by atomic mass is 9.98. The predicted octanol–water partition coefficient (Wildman–Crippen LogP) is 4.28. The van der Waals surface area contributed by atoms with E-state index in [4.69, 9.17) is 11.6 Å². The van der Waals surface area contributed by atoms with Crippen molar-refractivity contribution in [1.82, 2.24) is 10.2 Å². The van der Waals surface area contributed by atoms with E-state index >= 15 is 0 Å². The lowest BCUT2D eigenvalue weighted by Crippen LogP contribution is -2.45. The third-order valence-corrected chi connectivity index (χ3v) is 4.00. The molecule has 1 heterocycles. The quantitative estimate of drug-likeness (QED) is 0.809. The molecule has 2 nitrogen and oxygen atoms in total. The lowest BCUT2D eigenvalue weighted by molar-refractivity contribution is -0.137. The van der Waals surface area contributed by atoms with Crippen molar-refractivity contribution in [3.8, 4) is 0 Å². The molecule has 1 aliphatic rings. The predicted molar refractivity (Wildman–Crippen MR) is 81.1 cm³/mol. The summed E-state index contributed by atoms with van der Waals surface area (Å²) in [5, 5.41) is 2.69. The minimum absolute atomic E-state index is 0. The topological polar surface area (TPSA) is 15.3 Å². The van der Waals surface area contributed by atoms with Crippen molar-refractivity contribution in [2.24, 2.45) is 0 Å². The number of piperazine rings is 1. The first kappa shape index (κ1) is 19.5. The van der Waals surface area contributed by atoms with Gasteiger partial charge in [0.05, 0.1) is 10.6 Å². The van der Waals surface area contributed by atoms with Crippen LogP contribution in [-0.2, 0) is 6.18 Å². The van der Waals surface area contributed by atoms with E-state index in [1.54, 1.807) is 0 Å². The Morgan fingerprint density at radius 3 is 2.36 bits per heavy atom. The fraction of sp³-hybridized carbons (Fsp3) is 0.571. The van der Waals surface area contributed by atoms with Crippen LogP contribution in [0.25, 0.3) is 0 Å². The second-order valence-electron chi connectivity index (χ2n) is 5.07. The number of hydrogen-bond donors (Lipinski definition) is 1. The van der Waals surface area contributed by atoms with Crippen molar-refractivity contribution in [2.45, 2.75) is 25.6 Å². The Balaban J connectivity index is 0.00000242. The number of benzene rings is 1. The smallest absolute Gasteiger partial charge is 0.314 e. The zero-order chi connectivity index (χ0) is 15.6. The Labute approximate surface area is 138 Å². The van der Waals surface area contributed by atoms with Crippen LogP contribution in [0.4, 0.5) is 17.6 Å². The van der Waals surface area contributed by atoms with Gasteiger partial charge in [0.15, 0.2) is 0 Å². The second-order valence-corrected chi connectivity index (χ2v) is 5.48. The van der Waals surface area contributed by atoms with Crippen LogP contribution < -0.4 is 5.32 Å². The third kappa shape index (κ3) is 4.25. The van der Waals surface area contributed by atoms with Gasteiger partial charge in [0.1, 0.15) is 5.82 Å². The monoisotopic (exact) mass is 360 g/mol. The summed E-state index contributed by atoms with van der Waals surface area (Å²) in [4.78, 5) is 1.99. The van der Waals surface area contributed by atoms with Crippen LogP contribution >= 0.6 is 24.0 Å². The van der Waals surface area contributed by atoms with Crippen LogP contribution in [0.15, 0.2) is 12.1 Å². The fourth-order valence-corrected chi connectivity index (χ4v) is 2.91. The molecule has 0 unspecified atom stereocenters. The summed E-state index contributed by atoms with van der Waals surface area (Å²) in [6.07, 6.45) is -4.01. The lowest BCUT2D eigenvalue weighted by Gasteiger charge is -2.35. The maximum absolute atomic E-state index is 14.2. The minimum atomic E-state index is -4.53. The van der Waals surface area contributed by atoms with E-state index in [2.05, 4.69) is 5.32 Å².